The van der Waals surface area contributed by atoms with Gasteiger partial charge in [0, 0.05) is 25.8 Å². The third-order valence-electron chi connectivity index (χ3n) is 2.69. The Morgan fingerprint density at radius 1 is 0.864 bits per heavy atom. The second-order valence-corrected chi connectivity index (χ2v) is 4.25. The van der Waals surface area contributed by atoms with Crippen molar-refractivity contribution in [3.63, 3.8) is 0 Å². The molecule has 0 spiro atoms. The summed E-state index contributed by atoms with van der Waals surface area (Å²) in [6, 6.07) is 18.4. The minimum atomic E-state index is -0.00861. The molecule has 3 heteroatoms. The summed E-state index contributed by atoms with van der Waals surface area (Å²) < 4.78 is 9.98. The summed E-state index contributed by atoms with van der Waals surface area (Å²) in [6.07, 6.45) is 0. The minimum absolute atomic E-state index is 0.00861. The lowest BCUT2D eigenvalue weighted by atomic mass is 10.1. The topological polar surface area (TPSA) is 39.4 Å². The highest BCUT2D eigenvalue weighted by Crippen LogP contribution is 2.21. The number of para-hydroxylation sites is 1. The first-order valence-electron chi connectivity index (χ1n) is 7.24. The molecule has 0 aliphatic heterocycles. The molecule has 0 fully saturated rings. The molecule has 0 bridgehead atoms. The Kier molecular flexibility index (Phi) is 7.65. The molecule has 1 aromatic heterocycles. The number of methoxy groups -OCH3 is 1. The maximum Gasteiger partial charge on any atom is 0.193 e. The number of benzene rings is 2. The molecule has 2 aromatic carbocycles. The Bertz CT molecular complexity index is 730. The van der Waals surface area contributed by atoms with Gasteiger partial charge in [0.25, 0.3) is 0 Å². The van der Waals surface area contributed by atoms with Crippen molar-refractivity contribution in [1.82, 2.24) is 0 Å². The first-order valence-corrected chi connectivity index (χ1v) is 7.24. The molecule has 0 N–H and O–H groups in total. The average molecular weight is 298 g/mol. The first kappa shape index (κ1) is 17.7. The minimum Gasteiger partial charge on any atom is -0.456 e. The van der Waals surface area contributed by atoms with Gasteiger partial charge in [0.1, 0.15) is 11.3 Å². The number of rotatable bonds is 1. The van der Waals surface area contributed by atoms with Crippen LogP contribution in [0.15, 0.2) is 69.9 Å². The second-order valence-electron chi connectivity index (χ2n) is 4.25. The van der Waals surface area contributed by atoms with E-state index in [4.69, 9.17) is 4.42 Å². The molecule has 0 aliphatic rings. The van der Waals surface area contributed by atoms with Crippen molar-refractivity contribution < 1.29 is 9.15 Å². The van der Waals surface area contributed by atoms with Gasteiger partial charge < -0.3 is 9.15 Å². The number of ether oxygens (including phenoxy) is 1. The van der Waals surface area contributed by atoms with E-state index >= 15 is 0 Å². The van der Waals surface area contributed by atoms with Crippen LogP contribution in [0.4, 0.5) is 0 Å². The highest BCUT2D eigenvalue weighted by Gasteiger charge is 2.05. The fourth-order valence-corrected chi connectivity index (χ4v) is 1.85. The van der Waals surface area contributed by atoms with E-state index in [1.54, 1.807) is 20.3 Å². The van der Waals surface area contributed by atoms with Gasteiger partial charge in [0.2, 0.25) is 0 Å². The standard InChI is InChI=1S/C15H10O2.C2H6O.C2H6/c16-13-10-15(11-6-2-1-3-7-11)17-14-9-5-4-8-12(13)14;1-3-2;1-2/h1-10H;1-2H3;1-2H3. The third kappa shape index (κ3) is 4.57. The fraction of sp³-hybridized carbons (Fsp3) is 0.211. The van der Waals surface area contributed by atoms with E-state index < -0.39 is 0 Å². The van der Waals surface area contributed by atoms with Crippen LogP contribution in [0, 0.1) is 0 Å². The van der Waals surface area contributed by atoms with E-state index in [9.17, 15) is 4.79 Å². The summed E-state index contributed by atoms with van der Waals surface area (Å²) in [6.45, 7) is 4.00. The van der Waals surface area contributed by atoms with E-state index in [0.717, 1.165) is 5.56 Å². The van der Waals surface area contributed by atoms with Crippen LogP contribution in [-0.2, 0) is 4.74 Å². The monoisotopic (exact) mass is 298 g/mol. The van der Waals surface area contributed by atoms with Crippen LogP contribution in [0.2, 0.25) is 0 Å². The van der Waals surface area contributed by atoms with Crippen molar-refractivity contribution in [2.45, 2.75) is 13.8 Å². The Morgan fingerprint density at radius 2 is 1.41 bits per heavy atom. The van der Waals surface area contributed by atoms with E-state index in [0.29, 0.717) is 16.7 Å². The fourth-order valence-electron chi connectivity index (χ4n) is 1.85. The van der Waals surface area contributed by atoms with Crippen LogP contribution >= 0.6 is 0 Å². The van der Waals surface area contributed by atoms with Gasteiger partial charge in [-0.3, -0.25) is 4.79 Å². The van der Waals surface area contributed by atoms with Crippen LogP contribution < -0.4 is 5.43 Å². The first-order chi connectivity index (χ1) is 10.8. The molecule has 3 aromatic rings. The van der Waals surface area contributed by atoms with E-state index in [1.807, 2.05) is 62.4 Å². The predicted octanol–water partition coefficient (Wildman–Crippen LogP) is 4.75. The van der Waals surface area contributed by atoms with Crippen LogP contribution in [-0.4, -0.2) is 14.2 Å². The SMILES string of the molecule is CC.COC.O=c1cc(-c2ccccc2)oc2ccccc12. The van der Waals surface area contributed by atoms with Gasteiger partial charge in [0.15, 0.2) is 5.43 Å². The zero-order chi connectivity index (χ0) is 16.4. The molecule has 0 saturated heterocycles. The molecule has 22 heavy (non-hydrogen) atoms. The Morgan fingerprint density at radius 3 is 2.05 bits per heavy atom. The summed E-state index contributed by atoms with van der Waals surface area (Å²) in [5, 5.41) is 0.618. The van der Waals surface area contributed by atoms with E-state index in [1.165, 1.54) is 6.07 Å². The van der Waals surface area contributed by atoms with Crippen LogP contribution in [0.5, 0.6) is 0 Å². The summed E-state index contributed by atoms with van der Waals surface area (Å²) in [7, 11) is 3.25. The lowest BCUT2D eigenvalue weighted by Gasteiger charge is -2.02. The summed E-state index contributed by atoms with van der Waals surface area (Å²) in [4.78, 5) is 11.9. The second kappa shape index (κ2) is 9.53. The molecule has 0 unspecified atom stereocenters. The predicted molar refractivity (Wildman–Crippen MR) is 92.2 cm³/mol. The van der Waals surface area contributed by atoms with E-state index in [-0.39, 0.29) is 5.43 Å². The highest BCUT2D eigenvalue weighted by atomic mass is 16.4. The van der Waals surface area contributed by atoms with Crippen LogP contribution in [0.1, 0.15) is 13.8 Å². The summed E-state index contributed by atoms with van der Waals surface area (Å²) in [5.74, 6) is 0.606. The lowest BCUT2D eigenvalue weighted by molar-refractivity contribution is 0.277. The molecular formula is C19H22O3. The maximum atomic E-state index is 11.9. The van der Waals surface area contributed by atoms with Crippen LogP contribution in [0.25, 0.3) is 22.3 Å². The van der Waals surface area contributed by atoms with Crippen molar-refractivity contribution in [3.8, 4) is 11.3 Å². The zero-order valence-electron chi connectivity index (χ0n) is 13.5. The number of hydrogen-bond acceptors (Lipinski definition) is 3. The van der Waals surface area contributed by atoms with Crippen molar-refractivity contribution in [2.24, 2.45) is 0 Å². The van der Waals surface area contributed by atoms with Gasteiger partial charge in [-0.05, 0) is 12.1 Å². The molecule has 0 amide bonds. The number of hydrogen-bond donors (Lipinski definition) is 0. The highest BCUT2D eigenvalue weighted by molar-refractivity contribution is 5.78. The van der Waals surface area contributed by atoms with Crippen molar-refractivity contribution in [2.75, 3.05) is 14.2 Å². The summed E-state index contributed by atoms with van der Waals surface area (Å²) in [5.41, 5.74) is 1.53. The summed E-state index contributed by atoms with van der Waals surface area (Å²) >= 11 is 0. The van der Waals surface area contributed by atoms with Crippen molar-refractivity contribution in [1.29, 1.82) is 0 Å². The molecule has 116 valence electrons. The Balaban J connectivity index is 0.000000435. The van der Waals surface area contributed by atoms with Gasteiger partial charge in [0.05, 0.1) is 5.39 Å². The van der Waals surface area contributed by atoms with Gasteiger partial charge in [-0.2, -0.15) is 0 Å². The van der Waals surface area contributed by atoms with Gasteiger partial charge in [-0.15, -0.1) is 0 Å². The Labute approximate surface area is 131 Å². The molecule has 0 radical (unpaired) electrons. The largest absolute Gasteiger partial charge is 0.456 e. The zero-order valence-corrected chi connectivity index (χ0v) is 13.5. The molecular weight excluding hydrogens is 276 g/mol. The molecule has 0 aliphatic carbocycles. The lowest BCUT2D eigenvalue weighted by Crippen LogP contribution is -1.99. The van der Waals surface area contributed by atoms with Gasteiger partial charge in [-0.1, -0.05) is 56.3 Å². The van der Waals surface area contributed by atoms with E-state index in [2.05, 4.69) is 4.74 Å². The third-order valence-corrected chi connectivity index (χ3v) is 2.69. The van der Waals surface area contributed by atoms with Gasteiger partial charge >= 0.3 is 0 Å². The molecule has 1 heterocycles. The van der Waals surface area contributed by atoms with Crippen molar-refractivity contribution >= 4 is 11.0 Å². The smallest absolute Gasteiger partial charge is 0.193 e. The van der Waals surface area contributed by atoms with Crippen LogP contribution in [0.3, 0.4) is 0 Å². The molecule has 0 atom stereocenters. The number of fused-ring (bicyclic) bond motifs is 1. The quantitative estimate of drug-likeness (QED) is 0.651. The average Bonchev–Trinajstić information content (AvgIpc) is 2.58. The molecule has 3 rings (SSSR count). The Hall–Kier alpha value is -2.39. The maximum absolute atomic E-state index is 11.9. The van der Waals surface area contributed by atoms with Crippen molar-refractivity contribution in [3.05, 3.63) is 70.9 Å². The molecule has 0 saturated carbocycles. The molecule has 3 nitrogen and oxygen atoms in total. The van der Waals surface area contributed by atoms with Gasteiger partial charge in [-0.25, -0.2) is 0 Å². The normalized spacial score (nSPS) is 9.27.